The lowest BCUT2D eigenvalue weighted by Crippen LogP contribution is -2.54. The normalized spacial score (nSPS) is 28.8. The number of alkyl halides is 3. The van der Waals surface area contributed by atoms with Crippen molar-refractivity contribution in [1.29, 1.82) is 0 Å². The Kier molecular flexibility index (Phi) is 5.94. The van der Waals surface area contributed by atoms with Gasteiger partial charge in [0, 0.05) is 17.6 Å². The summed E-state index contributed by atoms with van der Waals surface area (Å²) >= 11 is 0. The number of rotatable bonds is 4. The molecule has 4 atom stereocenters. The molecule has 0 amide bonds. The van der Waals surface area contributed by atoms with E-state index in [0.29, 0.717) is 19.3 Å². The number of aliphatic hydroxyl groups is 1. The van der Waals surface area contributed by atoms with E-state index < -0.39 is 27.0 Å². The second-order valence-electron chi connectivity index (χ2n) is 11.4. The Hall–Kier alpha value is -2.91. The maximum atomic E-state index is 13.9. The van der Waals surface area contributed by atoms with Gasteiger partial charge >= 0.3 is 6.18 Å². The van der Waals surface area contributed by atoms with Crippen LogP contribution in [0.25, 0.3) is 16.6 Å². The highest BCUT2D eigenvalue weighted by Crippen LogP contribution is 2.59. The van der Waals surface area contributed by atoms with Gasteiger partial charge in [-0.1, -0.05) is 25.2 Å². The number of nitrogens with zero attached hydrogens (tertiary/aromatic N) is 2. The molecule has 39 heavy (non-hydrogen) atoms. The molecule has 0 bridgehead atoms. The molecule has 6 rings (SSSR count). The number of benzene rings is 2. The number of sulfone groups is 1. The van der Waals surface area contributed by atoms with E-state index in [1.165, 1.54) is 6.26 Å². The van der Waals surface area contributed by atoms with Crippen molar-refractivity contribution in [2.75, 3.05) is 6.26 Å². The summed E-state index contributed by atoms with van der Waals surface area (Å²) in [7, 11) is -3.33. The first-order chi connectivity index (χ1) is 18.4. The van der Waals surface area contributed by atoms with E-state index >= 15 is 0 Å². The summed E-state index contributed by atoms with van der Waals surface area (Å²) in [5.41, 5.74) is 1.80. The second kappa shape index (κ2) is 8.80. The molecule has 206 valence electrons. The number of fused-ring (bicyclic) bond motifs is 4. The molecule has 2 aromatic carbocycles. The van der Waals surface area contributed by atoms with E-state index in [1.54, 1.807) is 35.1 Å². The molecule has 1 N–H and O–H groups in total. The molecule has 0 aliphatic heterocycles. The standard InChI is InChI=1S/C30H31F3N2O3S/c1-3-28-13-14-29(36,30(31,32)33)17-21(28)7-12-24(19-5-4-6-19)25-16-27-20(15-26(25)28)18-34-35(27)22-8-10-23(11-9-22)39(2,37)38/h4-6,8-11,15-16,18,21,24,36H,3,7,12-14,17H2,1-2H3/t21-,24?,28-,29-/m1/s1. The van der Waals surface area contributed by atoms with Crippen molar-refractivity contribution in [3.63, 3.8) is 0 Å². The molecule has 3 aliphatic rings. The highest BCUT2D eigenvalue weighted by atomic mass is 32.2. The van der Waals surface area contributed by atoms with Gasteiger partial charge in [0.15, 0.2) is 15.4 Å². The van der Waals surface area contributed by atoms with E-state index in [9.17, 15) is 26.7 Å². The fourth-order valence-corrected chi connectivity index (χ4v) is 7.77. The van der Waals surface area contributed by atoms with Gasteiger partial charge in [0.25, 0.3) is 0 Å². The molecule has 1 fully saturated rings. The summed E-state index contributed by atoms with van der Waals surface area (Å²) in [4.78, 5) is 0.229. The number of halogens is 3. The predicted octanol–water partition coefficient (Wildman–Crippen LogP) is 6.54. The fraction of sp³-hybridized carbons (Fsp3) is 0.433. The topological polar surface area (TPSA) is 72.2 Å². The number of hydrogen-bond acceptors (Lipinski definition) is 4. The molecule has 0 spiro atoms. The van der Waals surface area contributed by atoms with Crippen molar-refractivity contribution in [3.8, 4) is 5.69 Å². The molecule has 3 aromatic rings. The molecular formula is C30H31F3N2O3S. The minimum absolute atomic E-state index is 0.0402. The summed E-state index contributed by atoms with van der Waals surface area (Å²) in [6.07, 6.45) is 6.07. The van der Waals surface area contributed by atoms with Crippen LogP contribution in [-0.4, -0.2) is 41.3 Å². The third-order valence-corrected chi connectivity index (χ3v) is 10.6. The third kappa shape index (κ3) is 4.08. The van der Waals surface area contributed by atoms with Gasteiger partial charge in [0.05, 0.1) is 22.3 Å². The Morgan fingerprint density at radius 3 is 2.44 bits per heavy atom. The van der Waals surface area contributed by atoms with Crippen LogP contribution in [0.4, 0.5) is 13.2 Å². The molecule has 1 aromatic heterocycles. The molecule has 1 heterocycles. The van der Waals surface area contributed by atoms with Crippen LogP contribution < -0.4 is 0 Å². The van der Waals surface area contributed by atoms with E-state index in [0.717, 1.165) is 33.3 Å². The Morgan fingerprint density at radius 1 is 1.13 bits per heavy atom. The van der Waals surface area contributed by atoms with Gasteiger partial charge in [-0.25, -0.2) is 13.1 Å². The maximum absolute atomic E-state index is 13.9. The van der Waals surface area contributed by atoms with Gasteiger partial charge in [0.2, 0.25) is 0 Å². The van der Waals surface area contributed by atoms with Crippen molar-refractivity contribution >= 4 is 20.7 Å². The highest BCUT2D eigenvalue weighted by molar-refractivity contribution is 7.90. The predicted molar refractivity (Wildman–Crippen MR) is 144 cm³/mol. The van der Waals surface area contributed by atoms with Crippen molar-refractivity contribution < 1.29 is 26.7 Å². The zero-order chi connectivity index (χ0) is 27.8. The number of aromatic nitrogens is 2. The van der Waals surface area contributed by atoms with E-state index in [2.05, 4.69) is 36.3 Å². The molecule has 1 unspecified atom stereocenters. The minimum atomic E-state index is -4.65. The van der Waals surface area contributed by atoms with Gasteiger partial charge < -0.3 is 5.11 Å². The van der Waals surface area contributed by atoms with Crippen LogP contribution in [-0.2, 0) is 15.3 Å². The van der Waals surface area contributed by atoms with Crippen molar-refractivity contribution in [1.82, 2.24) is 9.78 Å². The largest absolute Gasteiger partial charge is 0.417 e. The summed E-state index contributed by atoms with van der Waals surface area (Å²) in [5.74, 6) is -0.259. The lowest BCUT2D eigenvalue weighted by atomic mass is 9.56. The van der Waals surface area contributed by atoms with Crippen LogP contribution in [0, 0.1) is 5.92 Å². The Labute approximate surface area is 226 Å². The van der Waals surface area contributed by atoms with E-state index in [4.69, 9.17) is 0 Å². The maximum Gasteiger partial charge on any atom is 0.417 e. The minimum Gasteiger partial charge on any atom is -0.380 e. The average molecular weight is 557 g/mol. The Balaban J connectivity index is 1.51. The van der Waals surface area contributed by atoms with E-state index in [1.807, 2.05) is 6.08 Å². The molecule has 0 saturated heterocycles. The average Bonchev–Trinajstić information content (AvgIpc) is 3.21. The van der Waals surface area contributed by atoms with Crippen molar-refractivity contribution in [3.05, 3.63) is 77.5 Å². The quantitative estimate of drug-likeness (QED) is 0.396. The first kappa shape index (κ1) is 26.3. The third-order valence-electron chi connectivity index (χ3n) is 9.45. The summed E-state index contributed by atoms with van der Waals surface area (Å²) < 4.78 is 67.4. The van der Waals surface area contributed by atoms with Gasteiger partial charge in [-0.05, 0) is 103 Å². The zero-order valence-corrected chi connectivity index (χ0v) is 22.7. The Morgan fingerprint density at radius 2 is 1.85 bits per heavy atom. The van der Waals surface area contributed by atoms with Crippen molar-refractivity contribution in [2.24, 2.45) is 5.92 Å². The van der Waals surface area contributed by atoms with E-state index in [-0.39, 0.29) is 36.0 Å². The molecule has 5 nitrogen and oxygen atoms in total. The molecular weight excluding hydrogens is 525 g/mol. The second-order valence-corrected chi connectivity index (χ2v) is 13.4. The first-order valence-corrected chi connectivity index (χ1v) is 15.3. The number of hydrogen-bond donors (Lipinski definition) is 1. The van der Waals surface area contributed by atoms with Crippen LogP contribution in [0.2, 0.25) is 0 Å². The number of allylic oxidation sites excluding steroid dienone is 4. The fourth-order valence-electron chi connectivity index (χ4n) is 7.14. The molecule has 3 aliphatic carbocycles. The van der Waals surface area contributed by atoms with Gasteiger partial charge in [-0.2, -0.15) is 18.3 Å². The summed E-state index contributed by atoms with van der Waals surface area (Å²) in [5, 5.41) is 16.2. The zero-order valence-electron chi connectivity index (χ0n) is 21.9. The smallest absolute Gasteiger partial charge is 0.380 e. The van der Waals surface area contributed by atoms with Crippen LogP contribution in [0.15, 0.2) is 71.3 Å². The van der Waals surface area contributed by atoms with Crippen LogP contribution >= 0.6 is 0 Å². The molecule has 1 saturated carbocycles. The molecule has 9 heteroatoms. The lowest BCUT2D eigenvalue weighted by molar-refractivity contribution is -0.279. The van der Waals surface area contributed by atoms with Crippen LogP contribution in [0.3, 0.4) is 0 Å². The van der Waals surface area contributed by atoms with Crippen LogP contribution in [0.1, 0.15) is 62.5 Å². The van der Waals surface area contributed by atoms with Gasteiger partial charge in [0.1, 0.15) is 0 Å². The molecule has 0 radical (unpaired) electrons. The van der Waals surface area contributed by atoms with Gasteiger partial charge in [-0.15, -0.1) is 0 Å². The highest BCUT2D eigenvalue weighted by Gasteiger charge is 2.61. The summed E-state index contributed by atoms with van der Waals surface area (Å²) in [6.45, 7) is 2.05. The van der Waals surface area contributed by atoms with Gasteiger partial charge in [-0.3, -0.25) is 0 Å². The monoisotopic (exact) mass is 556 g/mol. The SMILES string of the molecule is CC[C@@]12CC[C@](O)(C(F)(F)F)C[C@H]1CCC(C1=CC=C1)c1cc3c(cnn3-c3ccc(S(C)(=O)=O)cc3)cc12. The summed E-state index contributed by atoms with van der Waals surface area (Å²) in [6, 6.07) is 10.8. The Bertz CT molecular complexity index is 1620. The van der Waals surface area contributed by atoms with Crippen molar-refractivity contribution in [2.45, 2.75) is 73.5 Å². The first-order valence-electron chi connectivity index (χ1n) is 13.4. The lowest BCUT2D eigenvalue weighted by Gasteiger charge is -2.50. The van der Waals surface area contributed by atoms with Crippen LogP contribution in [0.5, 0.6) is 0 Å².